The zero-order chi connectivity index (χ0) is 27.0. The molecule has 0 atom stereocenters. The summed E-state index contributed by atoms with van der Waals surface area (Å²) in [6.07, 6.45) is 0. The fourth-order valence-corrected chi connectivity index (χ4v) is 4.46. The van der Waals surface area contributed by atoms with Crippen molar-refractivity contribution in [1.29, 1.82) is 0 Å². The molecule has 1 aliphatic rings. The van der Waals surface area contributed by atoms with Gasteiger partial charge in [-0.1, -0.05) is 49.0 Å². The maximum Gasteiger partial charge on any atom is 0.336 e. The Bertz CT molecular complexity index is 1740. The Kier molecular flexibility index (Phi) is 6.26. The van der Waals surface area contributed by atoms with Crippen molar-refractivity contribution in [3.05, 3.63) is 128 Å². The largest absolute Gasteiger partial charge is 0.478 e. The summed E-state index contributed by atoms with van der Waals surface area (Å²) in [7, 11) is 0. The first-order chi connectivity index (χ1) is 18.2. The van der Waals surface area contributed by atoms with E-state index in [1.165, 1.54) is 18.2 Å². The highest BCUT2D eigenvalue weighted by Crippen LogP contribution is 2.37. The molecule has 0 fully saturated rings. The zero-order valence-electron chi connectivity index (χ0n) is 20.4. The van der Waals surface area contributed by atoms with E-state index < -0.39 is 17.8 Å². The number of carboxylic acid groups (broad SMARTS) is 2. The van der Waals surface area contributed by atoms with E-state index in [0.717, 1.165) is 21.6 Å². The van der Waals surface area contributed by atoms with Crippen LogP contribution in [0.3, 0.4) is 0 Å². The van der Waals surface area contributed by atoms with Crippen LogP contribution in [0.2, 0.25) is 0 Å². The minimum absolute atomic E-state index is 0.0171. The number of fused-ring (bicyclic) bond motifs is 2. The van der Waals surface area contributed by atoms with Crippen LogP contribution in [0.5, 0.6) is 11.5 Å². The summed E-state index contributed by atoms with van der Waals surface area (Å²) in [4.78, 5) is 36.3. The Hall–Kier alpha value is -5.17. The SMILES string of the molecule is C=c1ccc2c(c1)Oc1cc(C)ccc1C=2c1ccc(C(=O)NCc2ccc(C(=O)O)cc2)cc1C(=O)O. The molecule has 0 saturated heterocycles. The lowest BCUT2D eigenvalue weighted by Gasteiger charge is -2.22. The van der Waals surface area contributed by atoms with Gasteiger partial charge in [0.15, 0.2) is 0 Å². The first kappa shape index (κ1) is 24.5. The van der Waals surface area contributed by atoms with Crippen LogP contribution < -0.4 is 20.5 Å². The smallest absolute Gasteiger partial charge is 0.336 e. The topological polar surface area (TPSA) is 113 Å². The number of aryl methyl sites for hydroxylation is 1. The lowest BCUT2D eigenvalue weighted by atomic mass is 9.88. The van der Waals surface area contributed by atoms with Crippen molar-refractivity contribution < 1.29 is 29.3 Å². The standard InChI is InChI=1S/C31H23NO6/c1-17-3-10-23-26(13-17)38-27-14-18(2)4-11-24(27)28(23)22-12-9-21(15-25(22)31(36)37)29(33)32-16-19-5-7-20(8-6-19)30(34)35/h3-15H,1,16H2,2H3,(H,32,33)(H,34,35)(H,36,37). The zero-order valence-corrected chi connectivity index (χ0v) is 20.4. The second kappa shape index (κ2) is 9.71. The highest BCUT2D eigenvalue weighted by atomic mass is 16.5. The number of carboxylic acids is 2. The molecule has 1 aliphatic heterocycles. The second-order valence-electron chi connectivity index (χ2n) is 9.06. The summed E-state index contributed by atoms with van der Waals surface area (Å²) in [5, 5.41) is 23.4. The fourth-order valence-electron chi connectivity index (χ4n) is 4.46. The maximum absolute atomic E-state index is 12.9. The van der Waals surface area contributed by atoms with E-state index in [2.05, 4.69) is 11.9 Å². The molecule has 0 aromatic heterocycles. The monoisotopic (exact) mass is 505 g/mol. The van der Waals surface area contributed by atoms with Crippen LogP contribution in [-0.4, -0.2) is 28.1 Å². The van der Waals surface area contributed by atoms with Crippen molar-refractivity contribution in [1.82, 2.24) is 5.32 Å². The van der Waals surface area contributed by atoms with E-state index >= 15 is 0 Å². The lowest BCUT2D eigenvalue weighted by molar-refractivity contribution is 0.0685. The molecule has 3 N–H and O–H groups in total. The van der Waals surface area contributed by atoms with Gasteiger partial charge in [0.2, 0.25) is 0 Å². The molecule has 4 aromatic rings. The number of amides is 1. The third kappa shape index (κ3) is 4.65. The summed E-state index contributed by atoms with van der Waals surface area (Å²) < 4.78 is 6.14. The molecule has 1 amide bonds. The molecule has 0 bridgehead atoms. The van der Waals surface area contributed by atoms with Crippen LogP contribution >= 0.6 is 0 Å². The van der Waals surface area contributed by atoms with Crippen molar-refractivity contribution in [3.8, 4) is 11.5 Å². The van der Waals surface area contributed by atoms with Crippen LogP contribution in [0.1, 0.15) is 53.3 Å². The van der Waals surface area contributed by atoms with Crippen LogP contribution in [0.15, 0.2) is 78.9 Å². The van der Waals surface area contributed by atoms with Gasteiger partial charge in [-0.25, -0.2) is 9.59 Å². The van der Waals surface area contributed by atoms with Gasteiger partial charge >= 0.3 is 11.9 Å². The summed E-state index contributed by atoms with van der Waals surface area (Å²) in [6.45, 7) is 6.08. The number of hydrogen-bond donors (Lipinski definition) is 3. The molecular formula is C31H23NO6. The molecule has 38 heavy (non-hydrogen) atoms. The van der Waals surface area contributed by atoms with Gasteiger partial charge in [0.1, 0.15) is 11.5 Å². The number of aromatic carboxylic acids is 2. The minimum Gasteiger partial charge on any atom is -0.478 e. The van der Waals surface area contributed by atoms with E-state index in [1.54, 1.807) is 24.3 Å². The summed E-state index contributed by atoms with van der Waals surface area (Å²) >= 11 is 0. The van der Waals surface area contributed by atoms with Gasteiger partial charge in [-0.2, -0.15) is 0 Å². The number of benzene rings is 4. The van der Waals surface area contributed by atoms with Crippen molar-refractivity contribution in [2.24, 2.45) is 0 Å². The van der Waals surface area contributed by atoms with Gasteiger partial charge in [0.25, 0.3) is 5.91 Å². The first-order valence-corrected chi connectivity index (χ1v) is 11.8. The van der Waals surface area contributed by atoms with Gasteiger partial charge in [-0.3, -0.25) is 4.79 Å². The molecule has 7 heteroatoms. The van der Waals surface area contributed by atoms with E-state index in [0.29, 0.717) is 28.2 Å². The summed E-state index contributed by atoms with van der Waals surface area (Å²) in [5.41, 5.74) is 3.95. The molecule has 0 radical (unpaired) electrons. The fraction of sp³-hybridized carbons (Fsp3) is 0.0645. The van der Waals surface area contributed by atoms with Crippen LogP contribution in [0, 0.1) is 6.92 Å². The average Bonchev–Trinajstić information content (AvgIpc) is 2.90. The van der Waals surface area contributed by atoms with Crippen molar-refractivity contribution in [2.75, 3.05) is 0 Å². The molecule has 188 valence electrons. The molecule has 5 rings (SSSR count). The maximum atomic E-state index is 12.9. The number of carbonyl (C=O) groups excluding carboxylic acids is 1. The predicted octanol–water partition coefficient (Wildman–Crippen LogP) is 4.08. The van der Waals surface area contributed by atoms with Gasteiger partial charge in [0.05, 0.1) is 11.1 Å². The van der Waals surface area contributed by atoms with Crippen molar-refractivity contribution in [2.45, 2.75) is 13.5 Å². The van der Waals surface area contributed by atoms with E-state index in [-0.39, 0.29) is 23.2 Å². The summed E-state index contributed by atoms with van der Waals surface area (Å²) in [5.74, 6) is -1.45. The molecule has 7 nitrogen and oxygen atoms in total. The lowest BCUT2D eigenvalue weighted by Crippen LogP contribution is -2.24. The van der Waals surface area contributed by atoms with Gasteiger partial charge < -0.3 is 20.3 Å². The number of carbonyl (C=O) groups is 3. The van der Waals surface area contributed by atoms with Crippen LogP contribution in [0.25, 0.3) is 12.2 Å². The number of hydrogen-bond acceptors (Lipinski definition) is 4. The number of nitrogens with one attached hydrogen (secondary N) is 1. The Morgan fingerprint density at radius 1 is 0.789 bits per heavy atom. The normalized spacial score (nSPS) is 11.7. The van der Waals surface area contributed by atoms with Crippen molar-refractivity contribution in [3.63, 3.8) is 0 Å². The highest BCUT2D eigenvalue weighted by Gasteiger charge is 2.24. The van der Waals surface area contributed by atoms with Gasteiger partial charge in [-0.15, -0.1) is 0 Å². The number of rotatable bonds is 6. The van der Waals surface area contributed by atoms with Gasteiger partial charge in [0, 0.05) is 28.5 Å². The van der Waals surface area contributed by atoms with E-state index in [4.69, 9.17) is 9.84 Å². The highest BCUT2D eigenvalue weighted by molar-refractivity contribution is 6.02. The third-order valence-corrected chi connectivity index (χ3v) is 6.38. The van der Waals surface area contributed by atoms with Crippen LogP contribution in [-0.2, 0) is 6.54 Å². The van der Waals surface area contributed by atoms with E-state index in [1.807, 2.05) is 43.3 Å². The first-order valence-electron chi connectivity index (χ1n) is 11.8. The van der Waals surface area contributed by atoms with Gasteiger partial charge in [-0.05, 0) is 65.2 Å². The molecule has 0 aliphatic carbocycles. The van der Waals surface area contributed by atoms with Crippen molar-refractivity contribution >= 4 is 30.0 Å². The van der Waals surface area contributed by atoms with Crippen LogP contribution in [0.4, 0.5) is 0 Å². The molecule has 0 spiro atoms. The Balaban J connectivity index is 1.54. The quantitative estimate of drug-likeness (QED) is 0.321. The van der Waals surface area contributed by atoms with E-state index in [9.17, 15) is 19.5 Å². The molecule has 4 aromatic carbocycles. The Morgan fingerprint density at radius 2 is 1.50 bits per heavy atom. The second-order valence-corrected chi connectivity index (χ2v) is 9.06. The third-order valence-electron chi connectivity index (χ3n) is 6.38. The number of ether oxygens (including phenoxy) is 1. The predicted molar refractivity (Wildman–Crippen MR) is 142 cm³/mol. The molecule has 1 heterocycles. The molecular weight excluding hydrogens is 482 g/mol. The molecule has 0 unspecified atom stereocenters. The summed E-state index contributed by atoms with van der Waals surface area (Å²) in [6, 6.07) is 22.0. The Labute approximate surface area is 218 Å². The average molecular weight is 506 g/mol. The minimum atomic E-state index is -1.16. The molecule has 0 saturated carbocycles. The Morgan fingerprint density at radius 3 is 2.21 bits per heavy atom.